The van der Waals surface area contributed by atoms with Crippen LogP contribution in [0.2, 0.25) is 0 Å². The highest BCUT2D eigenvalue weighted by Gasteiger charge is 2.22. The lowest BCUT2D eigenvalue weighted by Gasteiger charge is -2.16. The molecule has 1 amide bonds. The topological polar surface area (TPSA) is 101 Å². The van der Waals surface area contributed by atoms with Crippen molar-refractivity contribution in [2.75, 3.05) is 20.7 Å². The maximum absolute atomic E-state index is 12.4. The first-order valence-corrected chi connectivity index (χ1v) is 8.33. The summed E-state index contributed by atoms with van der Waals surface area (Å²) in [4.78, 5) is 11.8. The molecule has 0 saturated heterocycles. The Hall–Kier alpha value is -2.65. The average molecular weight is 351 g/mol. The lowest BCUT2D eigenvalue weighted by molar-refractivity contribution is -0.121. The third kappa shape index (κ3) is 4.43. The van der Waals surface area contributed by atoms with Gasteiger partial charge < -0.3 is 9.15 Å². The molecule has 128 valence electrons. The number of carbonyl (C=O) groups is 1. The molecule has 8 nitrogen and oxygen atoms in total. The number of nitrogens with zero attached hydrogens (tertiary/aromatic N) is 2. The second kappa shape index (κ2) is 7.75. The highest BCUT2D eigenvalue weighted by Crippen LogP contribution is 2.18. The number of hydrogen-bond acceptors (Lipinski definition) is 6. The van der Waals surface area contributed by atoms with Crippen molar-refractivity contribution >= 4 is 22.1 Å². The van der Waals surface area contributed by atoms with Crippen LogP contribution in [-0.4, -0.2) is 45.5 Å². The molecule has 0 aliphatic heterocycles. The Morgan fingerprint density at radius 1 is 1.33 bits per heavy atom. The number of benzene rings is 1. The first kappa shape index (κ1) is 17.7. The Bertz CT molecular complexity index is 798. The predicted molar refractivity (Wildman–Crippen MR) is 87.3 cm³/mol. The molecule has 0 radical (unpaired) electrons. The first-order valence-electron chi connectivity index (χ1n) is 6.89. The van der Waals surface area contributed by atoms with Gasteiger partial charge in [0, 0.05) is 7.05 Å². The molecule has 0 aliphatic carbocycles. The Morgan fingerprint density at radius 2 is 2.04 bits per heavy atom. The number of furan rings is 1. The smallest absolute Gasteiger partial charge is 0.255 e. The van der Waals surface area contributed by atoms with Crippen LogP contribution < -0.4 is 10.2 Å². The van der Waals surface area contributed by atoms with Gasteiger partial charge in [0.25, 0.3) is 5.91 Å². The fourth-order valence-electron chi connectivity index (χ4n) is 1.78. The molecule has 24 heavy (non-hydrogen) atoms. The summed E-state index contributed by atoms with van der Waals surface area (Å²) in [6.45, 7) is -0.371. The number of hydrogen-bond donors (Lipinski definition) is 1. The fourth-order valence-corrected chi connectivity index (χ4v) is 2.91. The van der Waals surface area contributed by atoms with Crippen molar-refractivity contribution in [1.29, 1.82) is 0 Å². The molecule has 0 bridgehead atoms. The normalized spacial score (nSPS) is 11.8. The van der Waals surface area contributed by atoms with E-state index in [1.165, 1.54) is 50.9 Å². The van der Waals surface area contributed by atoms with Crippen LogP contribution in [0.3, 0.4) is 0 Å². The highest BCUT2D eigenvalue weighted by molar-refractivity contribution is 7.89. The zero-order valence-electron chi connectivity index (χ0n) is 13.2. The SMILES string of the molecule is COc1ccc(S(=O)(=O)N(C)CC(=O)N/N=C\c2ccco2)cc1. The Balaban J connectivity index is 1.96. The minimum atomic E-state index is -3.78. The van der Waals surface area contributed by atoms with E-state index in [1.54, 1.807) is 12.1 Å². The van der Waals surface area contributed by atoms with Crippen LogP contribution in [0.5, 0.6) is 5.75 Å². The molecule has 0 aliphatic rings. The highest BCUT2D eigenvalue weighted by atomic mass is 32.2. The van der Waals surface area contributed by atoms with Gasteiger partial charge in [-0.2, -0.15) is 9.41 Å². The Morgan fingerprint density at radius 3 is 2.62 bits per heavy atom. The zero-order chi connectivity index (χ0) is 17.6. The standard InChI is InChI=1S/C15H17N3O5S/c1-18(11-15(19)17-16-10-13-4-3-9-23-13)24(20,21)14-7-5-12(22-2)6-8-14/h3-10H,11H2,1-2H3,(H,17,19)/b16-10-. The van der Waals surface area contributed by atoms with E-state index < -0.39 is 15.9 Å². The summed E-state index contributed by atoms with van der Waals surface area (Å²) in [7, 11) is -0.977. The lowest BCUT2D eigenvalue weighted by Crippen LogP contribution is -2.36. The van der Waals surface area contributed by atoms with E-state index in [-0.39, 0.29) is 11.4 Å². The van der Waals surface area contributed by atoms with Crippen LogP contribution in [0, 0.1) is 0 Å². The molecule has 9 heteroatoms. The molecule has 0 unspecified atom stereocenters. The molecule has 0 fully saturated rings. The van der Waals surface area contributed by atoms with E-state index in [4.69, 9.17) is 9.15 Å². The van der Waals surface area contributed by atoms with Gasteiger partial charge in [-0.1, -0.05) is 0 Å². The van der Waals surface area contributed by atoms with Gasteiger partial charge in [0.05, 0.1) is 31.0 Å². The number of rotatable bonds is 7. The monoisotopic (exact) mass is 351 g/mol. The second-order valence-electron chi connectivity index (χ2n) is 4.75. The largest absolute Gasteiger partial charge is 0.497 e. The van der Waals surface area contributed by atoms with E-state index in [2.05, 4.69) is 10.5 Å². The molecule has 1 aromatic heterocycles. The summed E-state index contributed by atoms with van der Waals surface area (Å²) >= 11 is 0. The van der Waals surface area contributed by atoms with Crippen LogP contribution in [-0.2, 0) is 14.8 Å². The number of nitrogens with one attached hydrogen (secondary N) is 1. The third-order valence-electron chi connectivity index (χ3n) is 3.06. The van der Waals surface area contributed by atoms with Crippen molar-refractivity contribution in [1.82, 2.24) is 9.73 Å². The van der Waals surface area contributed by atoms with Crippen LogP contribution in [0.1, 0.15) is 5.76 Å². The number of amides is 1. The van der Waals surface area contributed by atoms with Gasteiger partial charge in [0.2, 0.25) is 10.0 Å². The lowest BCUT2D eigenvalue weighted by atomic mass is 10.3. The number of hydrazone groups is 1. The number of methoxy groups -OCH3 is 1. The molecule has 1 aromatic carbocycles. The second-order valence-corrected chi connectivity index (χ2v) is 6.79. The van der Waals surface area contributed by atoms with Gasteiger partial charge >= 0.3 is 0 Å². The molecule has 0 atom stereocenters. The average Bonchev–Trinajstić information content (AvgIpc) is 3.08. The van der Waals surface area contributed by atoms with E-state index in [9.17, 15) is 13.2 Å². The fraction of sp³-hybridized carbons (Fsp3) is 0.200. The van der Waals surface area contributed by atoms with Crippen molar-refractivity contribution in [2.24, 2.45) is 5.10 Å². The van der Waals surface area contributed by atoms with Crippen LogP contribution in [0.4, 0.5) is 0 Å². The van der Waals surface area contributed by atoms with E-state index >= 15 is 0 Å². The van der Waals surface area contributed by atoms with E-state index in [0.717, 1.165) is 4.31 Å². The summed E-state index contributed by atoms with van der Waals surface area (Å²) in [6, 6.07) is 9.24. The summed E-state index contributed by atoms with van der Waals surface area (Å²) in [5.74, 6) is 0.438. The molecule has 2 aromatic rings. The van der Waals surface area contributed by atoms with Gasteiger partial charge in [-0.25, -0.2) is 13.8 Å². The summed E-state index contributed by atoms with van der Waals surface area (Å²) in [5, 5.41) is 3.69. The van der Waals surface area contributed by atoms with Gasteiger partial charge in [0.1, 0.15) is 11.5 Å². The van der Waals surface area contributed by atoms with Crippen LogP contribution in [0.15, 0.2) is 57.1 Å². The quantitative estimate of drug-likeness (QED) is 0.594. The first-order chi connectivity index (χ1) is 11.4. The number of carbonyl (C=O) groups excluding carboxylic acids is 1. The molecular formula is C15H17N3O5S. The van der Waals surface area contributed by atoms with Crippen molar-refractivity contribution in [3.8, 4) is 5.75 Å². The van der Waals surface area contributed by atoms with Gasteiger partial charge in [-0.3, -0.25) is 4.79 Å². The van der Waals surface area contributed by atoms with E-state index in [0.29, 0.717) is 11.5 Å². The third-order valence-corrected chi connectivity index (χ3v) is 4.88. The maximum atomic E-state index is 12.4. The Kier molecular flexibility index (Phi) is 5.72. The summed E-state index contributed by atoms with van der Waals surface area (Å²) < 4.78 is 35.7. The molecular weight excluding hydrogens is 334 g/mol. The van der Waals surface area contributed by atoms with Crippen molar-refractivity contribution in [3.05, 3.63) is 48.4 Å². The number of ether oxygens (including phenoxy) is 1. The molecule has 2 rings (SSSR count). The molecule has 0 spiro atoms. The van der Waals surface area contributed by atoms with Crippen LogP contribution in [0.25, 0.3) is 0 Å². The summed E-state index contributed by atoms with van der Waals surface area (Å²) in [6.07, 6.45) is 2.79. The molecule has 1 heterocycles. The minimum Gasteiger partial charge on any atom is -0.497 e. The molecule has 1 N–H and O–H groups in total. The number of sulfonamides is 1. The van der Waals surface area contributed by atoms with Gasteiger partial charge in [0.15, 0.2) is 0 Å². The van der Waals surface area contributed by atoms with Crippen molar-refractivity contribution in [2.45, 2.75) is 4.90 Å². The van der Waals surface area contributed by atoms with Gasteiger partial charge in [-0.05, 0) is 36.4 Å². The zero-order valence-corrected chi connectivity index (χ0v) is 14.0. The van der Waals surface area contributed by atoms with Crippen molar-refractivity contribution in [3.63, 3.8) is 0 Å². The van der Waals surface area contributed by atoms with Gasteiger partial charge in [-0.15, -0.1) is 0 Å². The predicted octanol–water partition coefficient (Wildman–Crippen LogP) is 1.06. The summed E-state index contributed by atoms with van der Waals surface area (Å²) in [5.41, 5.74) is 2.24. The van der Waals surface area contributed by atoms with Crippen LogP contribution >= 0.6 is 0 Å². The van der Waals surface area contributed by atoms with E-state index in [1.807, 2.05) is 0 Å². The minimum absolute atomic E-state index is 0.0673. The number of likely N-dealkylation sites (N-methyl/N-ethyl adjacent to an activating group) is 1. The van der Waals surface area contributed by atoms with Crippen molar-refractivity contribution < 1.29 is 22.4 Å². The molecule has 0 saturated carbocycles. The maximum Gasteiger partial charge on any atom is 0.255 e. The Labute approximate surface area is 139 Å².